The average Bonchev–Trinajstić information content (AvgIpc) is 3.05. The SMILES string of the molecule is CCCC(NCC1CCCO1)(C(=O)OC)c1ccccc1. The first-order valence-electron chi connectivity index (χ1n) is 7.73. The lowest BCUT2D eigenvalue weighted by Gasteiger charge is -2.33. The van der Waals surface area contributed by atoms with Crippen molar-refractivity contribution >= 4 is 5.97 Å². The summed E-state index contributed by atoms with van der Waals surface area (Å²) in [4.78, 5) is 12.5. The summed E-state index contributed by atoms with van der Waals surface area (Å²) in [6.07, 6.45) is 3.93. The van der Waals surface area contributed by atoms with E-state index in [1.54, 1.807) is 0 Å². The van der Waals surface area contributed by atoms with E-state index in [1.165, 1.54) is 7.11 Å². The zero-order valence-corrected chi connectivity index (χ0v) is 12.9. The molecular weight excluding hydrogens is 266 g/mol. The fourth-order valence-electron chi connectivity index (χ4n) is 2.99. The fraction of sp³-hybridized carbons (Fsp3) is 0.588. The van der Waals surface area contributed by atoms with Crippen molar-refractivity contribution in [3.63, 3.8) is 0 Å². The van der Waals surface area contributed by atoms with Crippen molar-refractivity contribution in [2.75, 3.05) is 20.3 Å². The Morgan fingerprint density at radius 2 is 2.19 bits per heavy atom. The van der Waals surface area contributed by atoms with Gasteiger partial charge in [-0.2, -0.15) is 0 Å². The lowest BCUT2D eigenvalue weighted by molar-refractivity contribution is -0.149. The van der Waals surface area contributed by atoms with Gasteiger partial charge in [0.2, 0.25) is 0 Å². The molecule has 2 atom stereocenters. The van der Waals surface area contributed by atoms with Gasteiger partial charge in [0, 0.05) is 13.2 Å². The summed E-state index contributed by atoms with van der Waals surface area (Å²) in [5.74, 6) is -0.228. The molecule has 0 radical (unpaired) electrons. The molecule has 0 amide bonds. The highest BCUT2D eigenvalue weighted by Gasteiger charge is 2.40. The number of benzene rings is 1. The van der Waals surface area contributed by atoms with Gasteiger partial charge in [-0.3, -0.25) is 5.32 Å². The second-order valence-electron chi connectivity index (χ2n) is 5.53. The van der Waals surface area contributed by atoms with Crippen molar-refractivity contribution in [3.8, 4) is 0 Å². The van der Waals surface area contributed by atoms with Crippen LogP contribution in [0, 0.1) is 0 Å². The first-order valence-corrected chi connectivity index (χ1v) is 7.73. The number of carbonyl (C=O) groups is 1. The van der Waals surface area contributed by atoms with Crippen LogP contribution in [-0.4, -0.2) is 32.3 Å². The largest absolute Gasteiger partial charge is 0.467 e. The molecule has 0 saturated carbocycles. The molecule has 2 rings (SSSR count). The molecule has 1 aromatic rings. The molecule has 1 aliphatic heterocycles. The second-order valence-corrected chi connectivity index (χ2v) is 5.53. The maximum absolute atomic E-state index is 12.5. The molecule has 0 spiro atoms. The molecule has 4 nitrogen and oxygen atoms in total. The maximum Gasteiger partial charge on any atom is 0.330 e. The molecule has 1 aliphatic rings. The van der Waals surface area contributed by atoms with E-state index < -0.39 is 5.54 Å². The minimum atomic E-state index is -0.781. The smallest absolute Gasteiger partial charge is 0.330 e. The summed E-state index contributed by atoms with van der Waals surface area (Å²) >= 11 is 0. The standard InChI is InChI=1S/C17H25NO3/c1-3-11-17(16(19)20-2,14-8-5-4-6-9-14)18-13-15-10-7-12-21-15/h4-6,8-9,15,18H,3,7,10-13H2,1-2H3. The van der Waals surface area contributed by atoms with Gasteiger partial charge in [0.1, 0.15) is 5.54 Å². The van der Waals surface area contributed by atoms with Crippen molar-refractivity contribution in [1.29, 1.82) is 0 Å². The van der Waals surface area contributed by atoms with E-state index in [9.17, 15) is 4.79 Å². The Balaban J connectivity index is 2.24. The van der Waals surface area contributed by atoms with E-state index in [-0.39, 0.29) is 12.1 Å². The van der Waals surface area contributed by atoms with Gasteiger partial charge < -0.3 is 9.47 Å². The lowest BCUT2D eigenvalue weighted by atomic mass is 9.85. The first kappa shape index (κ1) is 16.0. The molecule has 2 unspecified atom stereocenters. The van der Waals surface area contributed by atoms with E-state index in [0.29, 0.717) is 13.0 Å². The summed E-state index contributed by atoms with van der Waals surface area (Å²) < 4.78 is 10.8. The van der Waals surface area contributed by atoms with Crippen LogP contribution in [0.2, 0.25) is 0 Å². The summed E-state index contributed by atoms with van der Waals surface area (Å²) in [5.41, 5.74) is 0.174. The number of carbonyl (C=O) groups excluding carboxylic acids is 1. The highest BCUT2D eigenvalue weighted by molar-refractivity contribution is 5.82. The third kappa shape index (κ3) is 3.63. The van der Waals surface area contributed by atoms with E-state index in [2.05, 4.69) is 12.2 Å². The Kier molecular flexibility index (Phi) is 5.76. The van der Waals surface area contributed by atoms with Crippen LogP contribution in [0.15, 0.2) is 30.3 Å². The van der Waals surface area contributed by atoms with Gasteiger partial charge in [-0.25, -0.2) is 4.79 Å². The maximum atomic E-state index is 12.5. The van der Waals surface area contributed by atoms with E-state index >= 15 is 0 Å². The van der Waals surface area contributed by atoms with Crippen molar-refractivity contribution < 1.29 is 14.3 Å². The highest BCUT2D eigenvalue weighted by atomic mass is 16.5. The second kappa shape index (κ2) is 7.57. The Morgan fingerprint density at radius 3 is 2.76 bits per heavy atom. The van der Waals surface area contributed by atoms with Crippen LogP contribution >= 0.6 is 0 Å². The third-order valence-corrected chi connectivity index (χ3v) is 4.08. The Labute approximate surface area is 126 Å². The van der Waals surface area contributed by atoms with Crippen LogP contribution < -0.4 is 5.32 Å². The van der Waals surface area contributed by atoms with Gasteiger partial charge in [0.15, 0.2) is 0 Å². The van der Waals surface area contributed by atoms with Crippen molar-refractivity contribution in [1.82, 2.24) is 5.32 Å². The molecule has 4 heteroatoms. The van der Waals surface area contributed by atoms with Crippen LogP contribution in [0.25, 0.3) is 0 Å². The fourth-order valence-corrected chi connectivity index (χ4v) is 2.99. The molecule has 116 valence electrons. The quantitative estimate of drug-likeness (QED) is 0.785. The molecular formula is C17H25NO3. The summed E-state index contributed by atoms with van der Waals surface area (Å²) in [7, 11) is 1.45. The number of rotatable bonds is 7. The Morgan fingerprint density at radius 1 is 1.43 bits per heavy atom. The van der Waals surface area contributed by atoms with E-state index in [4.69, 9.17) is 9.47 Å². The molecule has 0 aliphatic carbocycles. The molecule has 1 N–H and O–H groups in total. The average molecular weight is 291 g/mol. The van der Waals surface area contributed by atoms with E-state index in [0.717, 1.165) is 31.4 Å². The van der Waals surface area contributed by atoms with Crippen LogP contribution in [0.3, 0.4) is 0 Å². The number of hydrogen-bond donors (Lipinski definition) is 1. The van der Waals surface area contributed by atoms with Gasteiger partial charge in [0.25, 0.3) is 0 Å². The zero-order chi connectivity index (χ0) is 15.1. The monoisotopic (exact) mass is 291 g/mol. The van der Waals surface area contributed by atoms with E-state index in [1.807, 2.05) is 30.3 Å². The highest BCUT2D eigenvalue weighted by Crippen LogP contribution is 2.29. The zero-order valence-electron chi connectivity index (χ0n) is 12.9. The molecule has 21 heavy (non-hydrogen) atoms. The number of esters is 1. The van der Waals surface area contributed by atoms with Crippen LogP contribution in [0.5, 0.6) is 0 Å². The first-order chi connectivity index (χ1) is 10.2. The predicted molar refractivity (Wildman–Crippen MR) is 82.0 cm³/mol. The third-order valence-electron chi connectivity index (χ3n) is 4.08. The van der Waals surface area contributed by atoms with Crippen molar-refractivity contribution in [2.45, 2.75) is 44.2 Å². The van der Waals surface area contributed by atoms with Crippen LogP contribution in [0.4, 0.5) is 0 Å². The van der Waals surface area contributed by atoms with Crippen molar-refractivity contribution in [3.05, 3.63) is 35.9 Å². The van der Waals surface area contributed by atoms with Gasteiger partial charge in [-0.05, 0) is 24.8 Å². The number of hydrogen-bond acceptors (Lipinski definition) is 4. The summed E-state index contributed by atoms with van der Waals surface area (Å²) in [6, 6.07) is 9.83. The normalized spacial score (nSPS) is 21.0. The summed E-state index contributed by atoms with van der Waals surface area (Å²) in [5, 5.41) is 3.44. The number of nitrogens with one attached hydrogen (secondary N) is 1. The van der Waals surface area contributed by atoms with Gasteiger partial charge >= 0.3 is 5.97 Å². The summed E-state index contributed by atoms with van der Waals surface area (Å²) in [6.45, 7) is 3.56. The molecule has 1 saturated heterocycles. The molecule has 1 fully saturated rings. The van der Waals surface area contributed by atoms with Gasteiger partial charge in [-0.1, -0.05) is 43.7 Å². The number of methoxy groups -OCH3 is 1. The van der Waals surface area contributed by atoms with Gasteiger partial charge in [-0.15, -0.1) is 0 Å². The Bertz CT molecular complexity index is 443. The Hall–Kier alpha value is -1.39. The number of ether oxygens (including phenoxy) is 2. The minimum absolute atomic E-state index is 0.189. The van der Waals surface area contributed by atoms with Crippen LogP contribution in [0.1, 0.15) is 38.2 Å². The molecule has 1 heterocycles. The molecule has 0 bridgehead atoms. The topological polar surface area (TPSA) is 47.6 Å². The molecule has 1 aromatic carbocycles. The van der Waals surface area contributed by atoms with Crippen LogP contribution in [-0.2, 0) is 19.8 Å². The predicted octanol–water partition coefficient (Wildman–Crippen LogP) is 2.62. The minimum Gasteiger partial charge on any atom is -0.467 e. The lowest BCUT2D eigenvalue weighted by Crippen LogP contribution is -2.52. The van der Waals surface area contributed by atoms with Crippen molar-refractivity contribution in [2.24, 2.45) is 0 Å². The molecule has 0 aromatic heterocycles. The van der Waals surface area contributed by atoms with Gasteiger partial charge in [0.05, 0.1) is 13.2 Å².